The lowest BCUT2D eigenvalue weighted by Gasteiger charge is -2.24. The predicted octanol–water partition coefficient (Wildman–Crippen LogP) is 12.5. The van der Waals surface area contributed by atoms with Crippen LogP contribution in [0, 0.1) is 0 Å². The molecular weight excluding hydrogens is 591 g/mol. The molecule has 1 atom stereocenters. The zero-order valence-corrected chi connectivity index (χ0v) is 27.8. The van der Waals surface area contributed by atoms with E-state index < -0.39 is 0 Å². The van der Waals surface area contributed by atoms with E-state index in [2.05, 4.69) is 200 Å². The molecule has 0 saturated carbocycles. The van der Waals surface area contributed by atoms with Crippen molar-refractivity contribution in [2.45, 2.75) is 25.2 Å². The van der Waals surface area contributed by atoms with Gasteiger partial charge >= 0.3 is 0 Å². The van der Waals surface area contributed by atoms with Crippen molar-refractivity contribution in [3.05, 3.63) is 210 Å². The molecule has 0 aliphatic heterocycles. The van der Waals surface area contributed by atoms with E-state index in [0.29, 0.717) is 0 Å². The maximum atomic E-state index is 2.50. The van der Waals surface area contributed by atoms with Crippen LogP contribution in [0.5, 0.6) is 0 Å². The third-order valence-electron chi connectivity index (χ3n) is 10.5. The van der Waals surface area contributed by atoms with E-state index in [4.69, 9.17) is 0 Å². The number of benzene rings is 7. The molecule has 0 amide bonds. The van der Waals surface area contributed by atoms with Gasteiger partial charge in [-0.3, -0.25) is 0 Å². The highest BCUT2D eigenvalue weighted by Crippen LogP contribution is 2.54. The molecule has 0 radical (unpaired) electrons. The fraction of sp³-hybridized carbons (Fsp3) is 0.0833. The summed E-state index contributed by atoms with van der Waals surface area (Å²) in [5.74, 6) is 0.0874. The van der Waals surface area contributed by atoms with Crippen molar-refractivity contribution in [1.29, 1.82) is 0 Å². The molecule has 7 aromatic carbocycles. The summed E-state index contributed by atoms with van der Waals surface area (Å²) in [7, 11) is 0. The van der Waals surface area contributed by atoms with Crippen LogP contribution in [0.3, 0.4) is 0 Å². The molecule has 8 aromatic rings. The van der Waals surface area contributed by atoms with Gasteiger partial charge in [0.05, 0.1) is 5.52 Å². The van der Waals surface area contributed by atoms with Gasteiger partial charge in [-0.1, -0.05) is 172 Å². The molecule has 0 bridgehead atoms. The van der Waals surface area contributed by atoms with Crippen molar-refractivity contribution in [1.82, 2.24) is 4.57 Å². The van der Waals surface area contributed by atoms with Crippen LogP contribution in [-0.2, 0) is 5.41 Å². The second-order valence-electron chi connectivity index (χ2n) is 13.7. The Bertz CT molecular complexity index is 2430. The minimum atomic E-state index is -0.133. The Balaban J connectivity index is 1.22. The highest BCUT2D eigenvalue weighted by molar-refractivity contribution is 6.04. The van der Waals surface area contributed by atoms with Gasteiger partial charge in [0.15, 0.2) is 0 Å². The molecule has 1 heteroatoms. The SMILES string of the molecule is CC1(C)c2ccccc2-c2c1n(-c1ccccc1)c1ccc(C(c3ccccc3)c3ccc(-c4ccccc4-c4ccccc4)cc3)cc21. The first kappa shape index (κ1) is 29.2. The van der Waals surface area contributed by atoms with Gasteiger partial charge in [0.25, 0.3) is 0 Å². The molecule has 0 fully saturated rings. The first-order valence-electron chi connectivity index (χ1n) is 17.2. The van der Waals surface area contributed by atoms with E-state index in [1.165, 1.54) is 77.9 Å². The third kappa shape index (κ3) is 4.77. The molecule has 1 aromatic heterocycles. The van der Waals surface area contributed by atoms with Crippen molar-refractivity contribution >= 4 is 10.9 Å². The molecule has 1 aliphatic carbocycles. The minimum Gasteiger partial charge on any atom is -0.312 e. The van der Waals surface area contributed by atoms with Gasteiger partial charge in [0.1, 0.15) is 0 Å². The molecule has 9 rings (SSSR count). The molecular formula is C48H37N. The van der Waals surface area contributed by atoms with E-state index in [0.717, 1.165) is 0 Å². The number of rotatable bonds is 6. The lowest BCUT2D eigenvalue weighted by Crippen LogP contribution is -2.19. The maximum absolute atomic E-state index is 2.50. The fourth-order valence-electron chi connectivity index (χ4n) is 8.25. The van der Waals surface area contributed by atoms with E-state index in [-0.39, 0.29) is 11.3 Å². The van der Waals surface area contributed by atoms with Crippen molar-refractivity contribution in [3.63, 3.8) is 0 Å². The van der Waals surface area contributed by atoms with Crippen molar-refractivity contribution < 1.29 is 0 Å². The molecule has 49 heavy (non-hydrogen) atoms. The summed E-state index contributed by atoms with van der Waals surface area (Å²) in [6, 6.07) is 66.7. The van der Waals surface area contributed by atoms with Gasteiger partial charge in [-0.15, -0.1) is 0 Å². The number of nitrogens with zero attached hydrogens (tertiary/aromatic N) is 1. The number of aromatic nitrogens is 1. The van der Waals surface area contributed by atoms with Gasteiger partial charge in [0, 0.05) is 33.7 Å². The number of fused-ring (bicyclic) bond motifs is 5. The summed E-state index contributed by atoms with van der Waals surface area (Å²) in [4.78, 5) is 0. The largest absolute Gasteiger partial charge is 0.312 e. The van der Waals surface area contributed by atoms with Gasteiger partial charge in [0.2, 0.25) is 0 Å². The molecule has 1 unspecified atom stereocenters. The molecule has 0 spiro atoms. The van der Waals surface area contributed by atoms with Crippen LogP contribution in [-0.4, -0.2) is 4.57 Å². The van der Waals surface area contributed by atoms with Crippen LogP contribution >= 0.6 is 0 Å². The average molecular weight is 628 g/mol. The normalized spacial score (nSPS) is 13.6. The zero-order chi connectivity index (χ0) is 33.0. The quantitative estimate of drug-likeness (QED) is 0.162. The smallest absolute Gasteiger partial charge is 0.0538 e. The molecule has 234 valence electrons. The summed E-state index contributed by atoms with van der Waals surface area (Å²) in [5.41, 5.74) is 16.6. The van der Waals surface area contributed by atoms with E-state index >= 15 is 0 Å². The van der Waals surface area contributed by atoms with Gasteiger partial charge in [-0.2, -0.15) is 0 Å². The molecule has 0 N–H and O–H groups in total. The second-order valence-corrected chi connectivity index (χ2v) is 13.7. The first-order valence-corrected chi connectivity index (χ1v) is 17.2. The Morgan fingerprint density at radius 3 is 1.63 bits per heavy atom. The zero-order valence-electron chi connectivity index (χ0n) is 27.8. The Morgan fingerprint density at radius 2 is 0.959 bits per heavy atom. The van der Waals surface area contributed by atoms with Crippen LogP contribution < -0.4 is 0 Å². The topological polar surface area (TPSA) is 4.93 Å². The second kappa shape index (κ2) is 11.6. The van der Waals surface area contributed by atoms with E-state index in [1.807, 2.05) is 0 Å². The number of hydrogen-bond donors (Lipinski definition) is 0. The molecule has 1 nitrogen and oxygen atoms in total. The van der Waals surface area contributed by atoms with Crippen LogP contribution in [0.15, 0.2) is 182 Å². The summed E-state index contributed by atoms with van der Waals surface area (Å²) < 4.78 is 2.50. The summed E-state index contributed by atoms with van der Waals surface area (Å²) in [5, 5.41) is 1.31. The summed E-state index contributed by atoms with van der Waals surface area (Å²) in [6.45, 7) is 4.75. The number of para-hydroxylation sites is 1. The van der Waals surface area contributed by atoms with Crippen molar-refractivity contribution in [2.24, 2.45) is 0 Å². The van der Waals surface area contributed by atoms with E-state index in [1.54, 1.807) is 0 Å². The number of hydrogen-bond acceptors (Lipinski definition) is 0. The summed E-state index contributed by atoms with van der Waals surface area (Å²) in [6.07, 6.45) is 0. The Labute approximate surface area is 288 Å². The molecule has 1 heterocycles. The summed E-state index contributed by atoms with van der Waals surface area (Å²) >= 11 is 0. The monoisotopic (exact) mass is 627 g/mol. The van der Waals surface area contributed by atoms with Crippen molar-refractivity contribution in [2.75, 3.05) is 0 Å². The highest BCUT2D eigenvalue weighted by Gasteiger charge is 2.40. The van der Waals surface area contributed by atoms with Crippen molar-refractivity contribution in [3.8, 4) is 39.1 Å². The van der Waals surface area contributed by atoms with Crippen LogP contribution in [0.2, 0.25) is 0 Å². The minimum absolute atomic E-state index is 0.0874. The Hall–Kier alpha value is -5.92. The fourth-order valence-corrected chi connectivity index (χ4v) is 8.25. The van der Waals surface area contributed by atoms with Gasteiger partial charge in [-0.05, 0) is 74.3 Å². The first-order chi connectivity index (χ1) is 24.1. The highest BCUT2D eigenvalue weighted by atomic mass is 15.0. The maximum Gasteiger partial charge on any atom is 0.0538 e. The standard InChI is InChI=1S/C48H37N/c1-48(2)43-25-15-14-24-41(43)46-42-32-37(30-31-44(42)49(47(46)48)38-20-10-5-11-21-38)45(35-18-8-4-9-19-35)36-28-26-34(27-29-36)40-23-13-12-22-39(40)33-16-6-3-7-17-33/h3-32,45H,1-2H3. The van der Waals surface area contributed by atoms with Crippen LogP contribution in [0.4, 0.5) is 0 Å². The molecule has 0 saturated heterocycles. The Kier molecular flexibility index (Phi) is 6.95. The third-order valence-corrected chi connectivity index (χ3v) is 10.5. The van der Waals surface area contributed by atoms with Gasteiger partial charge in [-0.25, -0.2) is 0 Å². The average Bonchev–Trinajstić information content (AvgIpc) is 3.63. The van der Waals surface area contributed by atoms with Gasteiger partial charge < -0.3 is 4.57 Å². The molecule has 1 aliphatic rings. The lowest BCUT2D eigenvalue weighted by molar-refractivity contribution is 0.624. The Morgan fingerprint density at radius 1 is 0.449 bits per heavy atom. The van der Waals surface area contributed by atoms with Crippen LogP contribution in [0.25, 0.3) is 50.0 Å². The van der Waals surface area contributed by atoms with Crippen LogP contribution in [0.1, 0.15) is 47.7 Å². The van der Waals surface area contributed by atoms with E-state index in [9.17, 15) is 0 Å². The lowest BCUT2D eigenvalue weighted by atomic mass is 9.83. The predicted molar refractivity (Wildman–Crippen MR) is 206 cm³/mol.